The summed E-state index contributed by atoms with van der Waals surface area (Å²) in [4.78, 5) is 4.77. The van der Waals surface area contributed by atoms with E-state index in [1.165, 1.54) is 5.52 Å². The van der Waals surface area contributed by atoms with Gasteiger partial charge >= 0.3 is 0 Å². The lowest BCUT2D eigenvalue weighted by atomic mass is 9.89. The average molecular weight is 231 g/mol. The van der Waals surface area contributed by atoms with E-state index in [1.54, 1.807) is 0 Å². The van der Waals surface area contributed by atoms with Crippen LogP contribution in [-0.2, 0) is 19.0 Å². The van der Waals surface area contributed by atoms with E-state index in [9.17, 15) is 0 Å². The number of aromatic nitrogens is 2. The van der Waals surface area contributed by atoms with Gasteiger partial charge in [0.2, 0.25) is 0 Å². The predicted octanol–water partition coefficient (Wildman–Crippen LogP) is 2.72. The summed E-state index contributed by atoms with van der Waals surface area (Å²) in [5, 5.41) is 0. The first kappa shape index (κ1) is 12.1. The topological polar surface area (TPSA) is 43.8 Å². The van der Waals surface area contributed by atoms with Crippen LogP contribution < -0.4 is 5.73 Å². The highest BCUT2D eigenvalue weighted by Gasteiger charge is 2.24. The normalized spacial score (nSPS) is 12.3. The van der Waals surface area contributed by atoms with Gasteiger partial charge in [-0.25, -0.2) is 4.98 Å². The summed E-state index contributed by atoms with van der Waals surface area (Å²) in [6.07, 6.45) is 1.08. The summed E-state index contributed by atoms with van der Waals surface area (Å²) in [6.45, 7) is 7.24. The molecule has 92 valence electrons. The third-order valence-electron chi connectivity index (χ3n) is 3.67. The summed E-state index contributed by atoms with van der Waals surface area (Å²) in [7, 11) is 2.09. The Bertz CT molecular complexity index is 538. The standard InChI is InChI=1S/C14H21N3/c1-5-14(2,3)13-16-11-8-10(9-15)6-7-12(11)17(13)4/h6-8H,5,9,15H2,1-4H3. The monoisotopic (exact) mass is 231 g/mol. The molecule has 3 nitrogen and oxygen atoms in total. The van der Waals surface area contributed by atoms with Gasteiger partial charge in [-0.15, -0.1) is 0 Å². The van der Waals surface area contributed by atoms with Crippen molar-refractivity contribution in [2.75, 3.05) is 0 Å². The summed E-state index contributed by atoms with van der Waals surface area (Å²) in [5.74, 6) is 1.14. The van der Waals surface area contributed by atoms with Crippen molar-refractivity contribution in [2.24, 2.45) is 12.8 Å². The van der Waals surface area contributed by atoms with Crippen LogP contribution in [0.2, 0.25) is 0 Å². The maximum atomic E-state index is 5.66. The zero-order valence-corrected chi connectivity index (χ0v) is 11.1. The zero-order valence-electron chi connectivity index (χ0n) is 11.1. The second kappa shape index (κ2) is 4.15. The molecule has 0 spiro atoms. The van der Waals surface area contributed by atoms with Crippen molar-refractivity contribution >= 4 is 11.0 Å². The molecule has 17 heavy (non-hydrogen) atoms. The first-order valence-electron chi connectivity index (χ1n) is 6.15. The minimum atomic E-state index is 0.108. The van der Waals surface area contributed by atoms with Crippen LogP contribution >= 0.6 is 0 Å². The third kappa shape index (κ3) is 1.95. The van der Waals surface area contributed by atoms with E-state index in [-0.39, 0.29) is 5.41 Å². The Labute approximate surface area is 103 Å². The van der Waals surface area contributed by atoms with Crippen LogP contribution in [0.25, 0.3) is 11.0 Å². The number of nitrogens with two attached hydrogens (primary N) is 1. The molecule has 1 aromatic carbocycles. The Hall–Kier alpha value is -1.35. The maximum Gasteiger partial charge on any atom is 0.115 e. The van der Waals surface area contributed by atoms with E-state index in [1.807, 2.05) is 0 Å². The number of nitrogens with zero attached hydrogens (tertiary/aromatic N) is 2. The van der Waals surface area contributed by atoms with Crippen LogP contribution in [0.5, 0.6) is 0 Å². The van der Waals surface area contributed by atoms with Gasteiger partial charge < -0.3 is 10.3 Å². The fourth-order valence-electron chi connectivity index (χ4n) is 2.14. The van der Waals surface area contributed by atoms with Gasteiger partial charge in [-0.1, -0.05) is 26.8 Å². The maximum absolute atomic E-state index is 5.66. The van der Waals surface area contributed by atoms with E-state index in [0.717, 1.165) is 23.3 Å². The highest BCUT2D eigenvalue weighted by Crippen LogP contribution is 2.28. The van der Waals surface area contributed by atoms with Gasteiger partial charge in [-0.05, 0) is 24.1 Å². The minimum Gasteiger partial charge on any atom is -0.331 e. The molecule has 0 aliphatic rings. The average Bonchev–Trinajstić information content (AvgIpc) is 2.67. The first-order chi connectivity index (χ1) is 7.99. The fourth-order valence-corrected chi connectivity index (χ4v) is 2.14. The molecule has 0 unspecified atom stereocenters. The van der Waals surface area contributed by atoms with Gasteiger partial charge in [0, 0.05) is 19.0 Å². The molecule has 0 saturated carbocycles. The summed E-state index contributed by atoms with van der Waals surface area (Å²) < 4.78 is 2.19. The van der Waals surface area contributed by atoms with Crippen molar-refractivity contribution in [1.29, 1.82) is 0 Å². The van der Waals surface area contributed by atoms with Gasteiger partial charge in [0.25, 0.3) is 0 Å². The van der Waals surface area contributed by atoms with Crippen molar-refractivity contribution in [3.63, 3.8) is 0 Å². The van der Waals surface area contributed by atoms with Crippen molar-refractivity contribution in [2.45, 2.75) is 39.2 Å². The Morgan fingerprint density at radius 3 is 2.65 bits per heavy atom. The highest BCUT2D eigenvalue weighted by atomic mass is 15.1. The molecule has 0 fully saturated rings. The van der Waals surface area contributed by atoms with Gasteiger partial charge in [-0.2, -0.15) is 0 Å². The van der Waals surface area contributed by atoms with Gasteiger partial charge in [-0.3, -0.25) is 0 Å². The van der Waals surface area contributed by atoms with E-state index in [0.29, 0.717) is 6.54 Å². The van der Waals surface area contributed by atoms with Crippen LogP contribution in [0.15, 0.2) is 18.2 Å². The molecule has 2 aromatic rings. The fraction of sp³-hybridized carbons (Fsp3) is 0.500. The largest absolute Gasteiger partial charge is 0.331 e. The molecule has 2 rings (SSSR count). The summed E-state index contributed by atoms with van der Waals surface area (Å²) in [5.41, 5.74) is 9.13. The molecule has 1 heterocycles. The second-order valence-corrected chi connectivity index (χ2v) is 5.26. The molecule has 0 atom stereocenters. The number of rotatable bonds is 3. The van der Waals surface area contributed by atoms with E-state index >= 15 is 0 Å². The molecular weight excluding hydrogens is 210 g/mol. The molecule has 1 aromatic heterocycles. The quantitative estimate of drug-likeness (QED) is 0.882. The van der Waals surface area contributed by atoms with Crippen LogP contribution in [0.4, 0.5) is 0 Å². The first-order valence-corrected chi connectivity index (χ1v) is 6.15. The van der Waals surface area contributed by atoms with E-state index in [4.69, 9.17) is 10.7 Å². The molecule has 0 amide bonds. The lowest BCUT2D eigenvalue weighted by molar-refractivity contribution is 0.460. The molecule has 0 bridgehead atoms. The SMILES string of the molecule is CCC(C)(C)c1nc2cc(CN)ccc2n1C. The minimum absolute atomic E-state index is 0.108. The van der Waals surface area contributed by atoms with Gasteiger partial charge in [0.05, 0.1) is 11.0 Å². The van der Waals surface area contributed by atoms with E-state index < -0.39 is 0 Å². The van der Waals surface area contributed by atoms with Crippen LogP contribution in [0, 0.1) is 0 Å². The molecule has 0 aliphatic carbocycles. The number of fused-ring (bicyclic) bond motifs is 1. The number of aryl methyl sites for hydroxylation is 1. The number of hydrogen-bond donors (Lipinski definition) is 1. The highest BCUT2D eigenvalue weighted by molar-refractivity contribution is 5.77. The Kier molecular flexibility index (Phi) is 2.96. The smallest absolute Gasteiger partial charge is 0.115 e. The van der Waals surface area contributed by atoms with Crippen molar-refractivity contribution in [3.8, 4) is 0 Å². The zero-order chi connectivity index (χ0) is 12.6. The van der Waals surface area contributed by atoms with Crippen molar-refractivity contribution in [1.82, 2.24) is 9.55 Å². The third-order valence-corrected chi connectivity index (χ3v) is 3.67. The number of imidazole rings is 1. The molecular formula is C14H21N3. The second-order valence-electron chi connectivity index (χ2n) is 5.26. The van der Waals surface area contributed by atoms with Gasteiger partial charge in [0.15, 0.2) is 0 Å². The molecule has 0 aliphatic heterocycles. The molecule has 2 N–H and O–H groups in total. The number of benzene rings is 1. The Balaban J connectivity index is 2.64. The predicted molar refractivity (Wildman–Crippen MR) is 71.9 cm³/mol. The van der Waals surface area contributed by atoms with Crippen LogP contribution in [0.1, 0.15) is 38.6 Å². The molecule has 3 heteroatoms. The Morgan fingerprint density at radius 1 is 1.35 bits per heavy atom. The number of hydrogen-bond acceptors (Lipinski definition) is 2. The summed E-state index contributed by atoms with van der Waals surface area (Å²) >= 11 is 0. The van der Waals surface area contributed by atoms with Crippen LogP contribution in [-0.4, -0.2) is 9.55 Å². The molecule has 0 saturated heterocycles. The molecule has 0 radical (unpaired) electrons. The van der Waals surface area contributed by atoms with Crippen LogP contribution in [0.3, 0.4) is 0 Å². The van der Waals surface area contributed by atoms with Crippen molar-refractivity contribution < 1.29 is 0 Å². The lowest BCUT2D eigenvalue weighted by Gasteiger charge is -2.21. The van der Waals surface area contributed by atoms with Crippen molar-refractivity contribution in [3.05, 3.63) is 29.6 Å². The Morgan fingerprint density at radius 2 is 2.06 bits per heavy atom. The summed E-state index contributed by atoms with van der Waals surface area (Å²) in [6, 6.07) is 6.27. The lowest BCUT2D eigenvalue weighted by Crippen LogP contribution is -2.20. The van der Waals surface area contributed by atoms with E-state index in [2.05, 4.69) is 50.6 Å². The van der Waals surface area contributed by atoms with Gasteiger partial charge in [0.1, 0.15) is 5.82 Å².